The number of nitrogens with one attached hydrogen (secondary N) is 2. The number of benzene rings is 1. The highest BCUT2D eigenvalue weighted by Crippen LogP contribution is 2.20. The van der Waals surface area contributed by atoms with E-state index in [2.05, 4.69) is 20.6 Å². The van der Waals surface area contributed by atoms with E-state index < -0.39 is 0 Å². The normalized spacial score (nSPS) is 13.1. The van der Waals surface area contributed by atoms with Crippen LogP contribution in [0.3, 0.4) is 0 Å². The highest BCUT2D eigenvalue weighted by Gasteiger charge is 2.10. The molecule has 6 nitrogen and oxygen atoms in total. The second-order valence-corrected chi connectivity index (χ2v) is 5.94. The minimum atomic E-state index is -0.201. The van der Waals surface area contributed by atoms with E-state index in [0.717, 1.165) is 16.7 Å². The van der Waals surface area contributed by atoms with E-state index in [0.29, 0.717) is 13.0 Å². The maximum atomic E-state index is 11.9. The van der Waals surface area contributed by atoms with Crippen molar-refractivity contribution in [3.05, 3.63) is 48.5 Å². The summed E-state index contributed by atoms with van der Waals surface area (Å²) in [5.74, 6) is 0.253. The lowest BCUT2D eigenvalue weighted by Crippen LogP contribution is -2.39. The Morgan fingerprint density at radius 3 is 2.42 bits per heavy atom. The van der Waals surface area contributed by atoms with Gasteiger partial charge in [0.25, 0.3) is 0 Å². The lowest BCUT2D eigenvalue weighted by atomic mass is 10.0. The number of hydrogen-bond donors (Lipinski definition) is 3. The summed E-state index contributed by atoms with van der Waals surface area (Å²) in [6.45, 7) is 4.62. The zero-order valence-corrected chi connectivity index (χ0v) is 14.1. The number of aromatic nitrogens is 2. The zero-order chi connectivity index (χ0) is 17.4. The van der Waals surface area contributed by atoms with Crippen LogP contribution in [0.5, 0.6) is 0 Å². The van der Waals surface area contributed by atoms with E-state index in [9.17, 15) is 4.79 Å². The van der Waals surface area contributed by atoms with Crippen molar-refractivity contribution >= 4 is 6.03 Å². The predicted molar refractivity (Wildman–Crippen MR) is 93.3 cm³/mol. The summed E-state index contributed by atoms with van der Waals surface area (Å²) in [4.78, 5) is 20.0. The molecule has 0 spiro atoms. The molecule has 0 aliphatic carbocycles. The molecule has 2 atom stereocenters. The molecule has 2 amide bonds. The van der Waals surface area contributed by atoms with E-state index in [4.69, 9.17) is 5.11 Å². The number of aliphatic hydroxyl groups excluding tert-OH is 1. The number of nitrogens with zero attached hydrogens (tertiary/aromatic N) is 2. The molecule has 3 N–H and O–H groups in total. The Balaban J connectivity index is 1.88. The van der Waals surface area contributed by atoms with Gasteiger partial charge in [-0.3, -0.25) is 0 Å². The molecular weight excluding hydrogens is 304 g/mol. The first-order valence-corrected chi connectivity index (χ1v) is 8.10. The van der Waals surface area contributed by atoms with Gasteiger partial charge in [0.05, 0.1) is 6.04 Å². The van der Waals surface area contributed by atoms with E-state index in [1.165, 1.54) is 6.33 Å². The molecule has 1 aromatic carbocycles. The van der Waals surface area contributed by atoms with Crippen molar-refractivity contribution in [3.63, 3.8) is 0 Å². The molecule has 0 bridgehead atoms. The fraction of sp³-hybridized carbons (Fsp3) is 0.389. The number of urea groups is 1. The van der Waals surface area contributed by atoms with Crippen LogP contribution in [-0.2, 0) is 0 Å². The SMILES string of the molecule is CC(CCO)CNC(=O)NC(C)c1ccc(-c2cncnc2)cc1. The summed E-state index contributed by atoms with van der Waals surface area (Å²) >= 11 is 0. The lowest BCUT2D eigenvalue weighted by molar-refractivity contribution is 0.231. The Labute approximate surface area is 142 Å². The van der Waals surface area contributed by atoms with Gasteiger partial charge in [0.15, 0.2) is 0 Å². The summed E-state index contributed by atoms with van der Waals surface area (Å²) in [5, 5.41) is 14.6. The van der Waals surface area contributed by atoms with Gasteiger partial charge in [-0.05, 0) is 30.4 Å². The number of amides is 2. The molecule has 128 valence electrons. The Hall–Kier alpha value is -2.47. The predicted octanol–water partition coefficient (Wildman–Crippen LogP) is 2.52. The Morgan fingerprint density at radius 2 is 1.79 bits per heavy atom. The minimum Gasteiger partial charge on any atom is -0.396 e. The molecule has 0 radical (unpaired) electrons. The van der Waals surface area contributed by atoms with Crippen molar-refractivity contribution in [3.8, 4) is 11.1 Å². The van der Waals surface area contributed by atoms with Crippen LogP contribution in [0.15, 0.2) is 43.0 Å². The molecule has 0 aliphatic heterocycles. The van der Waals surface area contributed by atoms with Gasteiger partial charge < -0.3 is 15.7 Å². The van der Waals surface area contributed by atoms with Gasteiger partial charge >= 0.3 is 6.03 Å². The molecule has 1 aromatic heterocycles. The van der Waals surface area contributed by atoms with E-state index in [-0.39, 0.29) is 24.6 Å². The summed E-state index contributed by atoms with van der Waals surface area (Å²) in [6.07, 6.45) is 5.72. The highest BCUT2D eigenvalue weighted by atomic mass is 16.3. The summed E-state index contributed by atoms with van der Waals surface area (Å²) in [6, 6.07) is 7.66. The largest absolute Gasteiger partial charge is 0.396 e. The molecular formula is C18H24N4O2. The third kappa shape index (κ3) is 5.31. The smallest absolute Gasteiger partial charge is 0.315 e. The molecule has 24 heavy (non-hydrogen) atoms. The van der Waals surface area contributed by atoms with Crippen LogP contribution in [0.1, 0.15) is 31.9 Å². The Bertz CT molecular complexity index is 631. The second-order valence-electron chi connectivity index (χ2n) is 5.94. The monoisotopic (exact) mass is 328 g/mol. The van der Waals surface area contributed by atoms with Crippen LogP contribution in [0.25, 0.3) is 11.1 Å². The molecule has 6 heteroatoms. The third-order valence-electron chi connectivity index (χ3n) is 3.89. The summed E-state index contributed by atoms with van der Waals surface area (Å²) < 4.78 is 0. The standard InChI is InChI=1S/C18H24N4O2/c1-13(7-8-23)9-21-18(24)22-14(2)15-3-5-16(6-4-15)17-10-19-12-20-11-17/h3-6,10-14,23H,7-9H2,1-2H3,(H2,21,22,24). The third-order valence-corrected chi connectivity index (χ3v) is 3.89. The summed E-state index contributed by atoms with van der Waals surface area (Å²) in [7, 11) is 0. The van der Waals surface area contributed by atoms with Gasteiger partial charge in [-0.2, -0.15) is 0 Å². The topological polar surface area (TPSA) is 87.1 Å². The van der Waals surface area contributed by atoms with Gasteiger partial charge in [0, 0.05) is 31.1 Å². The van der Waals surface area contributed by atoms with Crippen LogP contribution in [-0.4, -0.2) is 34.3 Å². The van der Waals surface area contributed by atoms with Crippen molar-refractivity contribution in [1.29, 1.82) is 0 Å². The first-order valence-electron chi connectivity index (χ1n) is 8.10. The van der Waals surface area contributed by atoms with Crippen molar-refractivity contribution in [2.75, 3.05) is 13.2 Å². The highest BCUT2D eigenvalue weighted by molar-refractivity contribution is 5.74. The number of aliphatic hydroxyl groups is 1. The van der Waals surface area contributed by atoms with Crippen molar-refractivity contribution in [2.24, 2.45) is 5.92 Å². The maximum Gasteiger partial charge on any atom is 0.315 e. The number of rotatable bonds is 7. The van der Waals surface area contributed by atoms with Gasteiger partial charge in [0.2, 0.25) is 0 Å². The van der Waals surface area contributed by atoms with Crippen LogP contribution < -0.4 is 10.6 Å². The number of carbonyl (C=O) groups is 1. The average Bonchev–Trinajstić information content (AvgIpc) is 2.61. The van der Waals surface area contributed by atoms with Gasteiger partial charge in [-0.15, -0.1) is 0 Å². The second kappa shape index (κ2) is 8.98. The lowest BCUT2D eigenvalue weighted by Gasteiger charge is -2.17. The van der Waals surface area contributed by atoms with Crippen LogP contribution in [0.4, 0.5) is 4.79 Å². The number of carbonyl (C=O) groups excluding carboxylic acids is 1. The van der Waals surface area contributed by atoms with Crippen LogP contribution in [0, 0.1) is 5.92 Å². The van der Waals surface area contributed by atoms with Gasteiger partial charge in [0.1, 0.15) is 6.33 Å². The van der Waals surface area contributed by atoms with Crippen LogP contribution in [0.2, 0.25) is 0 Å². The molecule has 1 heterocycles. The van der Waals surface area contributed by atoms with Gasteiger partial charge in [-0.25, -0.2) is 14.8 Å². The molecule has 0 aliphatic rings. The maximum absolute atomic E-state index is 11.9. The van der Waals surface area contributed by atoms with Crippen molar-refractivity contribution in [2.45, 2.75) is 26.3 Å². The first-order chi connectivity index (χ1) is 11.6. The molecule has 2 rings (SSSR count). The average molecular weight is 328 g/mol. The van der Waals surface area contributed by atoms with E-state index in [1.807, 2.05) is 38.1 Å². The zero-order valence-electron chi connectivity index (χ0n) is 14.1. The van der Waals surface area contributed by atoms with Crippen molar-refractivity contribution in [1.82, 2.24) is 20.6 Å². The molecule has 0 saturated carbocycles. The first kappa shape index (κ1) is 17.9. The summed E-state index contributed by atoms with van der Waals surface area (Å²) in [5.41, 5.74) is 3.02. The number of hydrogen-bond acceptors (Lipinski definition) is 4. The fourth-order valence-electron chi connectivity index (χ4n) is 2.33. The molecule has 2 unspecified atom stereocenters. The van der Waals surface area contributed by atoms with Gasteiger partial charge in [-0.1, -0.05) is 31.2 Å². The quantitative estimate of drug-likeness (QED) is 0.729. The van der Waals surface area contributed by atoms with E-state index >= 15 is 0 Å². The molecule has 2 aromatic rings. The Morgan fingerprint density at radius 1 is 1.12 bits per heavy atom. The van der Waals surface area contributed by atoms with E-state index in [1.54, 1.807) is 12.4 Å². The minimum absolute atomic E-state index is 0.0979. The Kier molecular flexibility index (Phi) is 6.69. The van der Waals surface area contributed by atoms with Crippen molar-refractivity contribution < 1.29 is 9.90 Å². The van der Waals surface area contributed by atoms with Crippen LogP contribution >= 0.6 is 0 Å². The fourth-order valence-corrected chi connectivity index (χ4v) is 2.33. The molecule has 0 fully saturated rings. The molecule has 0 saturated heterocycles.